The molecule has 0 radical (unpaired) electrons. The molecule has 0 bridgehead atoms. The zero-order valence-electron chi connectivity index (χ0n) is 7.92. The zero-order chi connectivity index (χ0) is 10.0. The molecule has 0 spiro atoms. The SMILES string of the molecule is COc1c(O)cc(C=O)c(C)c1C. The van der Waals surface area contributed by atoms with Crippen molar-refractivity contribution in [2.75, 3.05) is 7.11 Å². The number of methoxy groups -OCH3 is 1. The maximum absolute atomic E-state index is 10.6. The average Bonchev–Trinajstić information content (AvgIpc) is 2.12. The number of ether oxygens (including phenoxy) is 1. The molecule has 0 aliphatic rings. The monoisotopic (exact) mass is 180 g/mol. The average molecular weight is 180 g/mol. The van der Waals surface area contributed by atoms with Crippen molar-refractivity contribution in [1.82, 2.24) is 0 Å². The molecule has 0 aliphatic carbocycles. The van der Waals surface area contributed by atoms with Crippen LogP contribution < -0.4 is 4.74 Å². The van der Waals surface area contributed by atoms with Gasteiger partial charge in [0.2, 0.25) is 0 Å². The van der Waals surface area contributed by atoms with Gasteiger partial charge in [-0.3, -0.25) is 4.79 Å². The highest BCUT2D eigenvalue weighted by Gasteiger charge is 2.11. The maximum atomic E-state index is 10.6. The summed E-state index contributed by atoms with van der Waals surface area (Å²) in [6, 6.07) is 1.41. The first kappa shape index (κ1) is 9.58. The summed E-state index contributed by atoms with van der Waals surface area (Å²) < 4.78 is 4.99. The number of hydrogen-bond donors (Lipinski definition) is 1. The molecule has 0 aromatic heterocycles. The third-order valence-corrected chi connectivity index (χ3v) is 2.19. The van der Waals surface area contributed by atoms with Crippen molar-refractivity contribution >= 4 is 6.29 Å². The van der Waals surface area contributed by atoms with E-state index in [9.17, 15) is 9.90 Å². The molecule has 13 heavy (non-hydrogen) atoms. The van der Waals surface area contributed by atoms with Gasteiger partial charge in [0.1, 0.15) is 6.29 Å². The number of aldehydes is 1. The van der Waals surface area contributed by atoms with Gasteiger partial charge < -0.3 is 9.84 Å². The normalized spacial score (nSPS) is 9.77. The van der Waals surface area contributed by atoms with Gasteiger partial charge in [0.15, 0.2) is 11.5 Å². The van der Waals surface area contributed by atoms with Gasteiger partial charge in [-0.25, -0.2) is 0 Å². The molecular weight excluding hydrogens is 168 g/mol. The number of aromatic hydroxyl groups is 1. The Morgan fingerprint density at radius 2 is 2.00 bits per heavy atom. The van der Waals surface area contributed by atoms with E-state index in [1.54, 1.807) is 6.92 Å². The first-order valence-corrected chi connectivity index (χ1v) is 3.94. The molecule has 0 heterocycles. The van der Waals surface area contributed by atoms with E-state index in [1.165, 1.54) is 13.2 Å². The lowest BCUT2D eigenvalue weighted by Crippen LogP contribution is -1.95. The van der Waals surface area contributed by atoms with Gasteiger partial charge >= 0.3 is 0 Å². The summed E-state index contributed by atoms with van der Waals surface area (Å²) in [6.07, 6.45) is 0.724. The number of benzene rings is 1. The molecule has 0 unspecified atom stereocenters. The van der Waals surface area contributed by atoms with Crippen molar-refractivity contribution in [2.24, 2.45) is 0 Å². The number of carbonyl (C=O) groups is 1. The van der Waals surface area contributed by atoms with Gasteiger partial charge in [0, 0.05) is 5.56 Å². The van der Waals surface area contributed by atoms with Crippen molar-refractivity contribution < 1.29 is 14.6 Å². The standard InChI is InChI=1S/C10H12O3/c1-6-7(2)10(13-3)9(12)4-8(6)5-11/h4-5,12H,1-3H3. The molecule has 0 atom stereocenters. The van der Waals surface area contributed by atoms with E-state index in [4.69, 9.17) is 4.74 Å². The van der Waals surface area contributed by atoms with E-state index in [-0.39, 0.29) is 5.75 Å². The van der Waals surface area contributed by atoms with Crippen molar-refractivity contribution in [3.63, 3.8) is 0 Å². The van der Waals surface area contributed by atoms with Crippen LogP contribution >= 0.6 is 0 Å². The second-order valence-electron chi connectivity index (χ2n) is 2.89. The molecule has 0 amide bonds. The lowest BCUT2D eigenvalue weighted by Gasteiger charge is -2.11. The summed E-state index contributed by atoms with van der Waals surface area (Å²) in [5.41, 5.74) is 2.13. The predicted octanol–water partition coefficient (Wildman–Crippen LogP) is 1.83. The van der Waals surface area contributed by atoms with Crippen LogP contribution in [0.15, 0.2) is 6.07 Å². The molecule has 1 N–H and O–H groups in total. The number of phenolic OH excluding ortho intramolecular Hbond substituents is 1. The van der Waals surface area contributed by atoms with Crippen molar-refractivity contribution in [1.29, 1.82) is 0 Å². The van der Waals surface area contributed by atoms with Crippen LogP contribution in [-0.4, -0.2) is 18.5 Å². The highest BCUT2D eigenvalue weighted by atomic mass is 16.5. The molecule has 1 aromatic carbocycles. The Morgan fingerprint density at radius 3 is 2.46 bits per heavy atom. The Balaban J connectivity index is 3.45. The lowest BCUT2D eigenvalue weighted by atomic mass is 10.0. The smallest absolute Gasteiger partial charge is 0.163 e. The summed E-state index contributed by atoms with van der Waals surface area (Å²) >= 11 is 0. The van der Waals surface area contributed by atoms with Gasteiger partial charge in [-0.15, -0.1) is 0 Å². The van der Waals surface area contributed by atoms with E-state index in [1.807, 2.05) is 6.92 Å². The van der Waals surface area contributed by atoms with E-state index < -0.39 is 0 Å². The summed E-state index contributed by atoms with van der Waals surface area (Å²) in [5, 5.41) is 9.44. The number of phenols is 1. The minimum Gasteiger partial charge on any atom is -0.504 e. The Labute approximate surface area is 77.0 Å². The first-order chi connectivity index (χ1) is 6.11. The summed E-state index contributed by atoms with van der Waals surface area (Å²) in [5.74, 6) is 0.441. The fourth-order valence-electron chi connectivity index (χ4n) is 1.28. The Bertz CT molecular complexity index is 343. The maximum Gasteiger partial charge on any atom is 0.163 e. The topological polar surface area (TPSA) is 46.5 Å². The second-order valence-corrected chi connectivity index (χ2v) is 2.89. The number of rotatable bonds is 2. The molecule has 3 heteroatoms. The van der Waals surface area contributed by atoms with Gasteiger partial charge in [0.05, 0.1) is 7.11 Å². The molecule has 70 valence electrons. The minimum atomic E-state index is 0.00713. The van der Waals surface area contributed by atoms with Crippen LogP contribution in [0.5, 0.6) is 11.5 Å². The summed E-state index contributed by atoms with van der Waals surface area (Å²) in [7, 11) is 1.49. The van der Waals surface area contributed by atoms with Crippen LogP contribution in [0, 0.1) is 13.8 Å². The molecule has 0 saturated carbocycles. The fraction of sp³-hybridized carbons (Fsp3) is 0.300. The van der Waals surface area contributed by atoms with Gasteiger partial charge in [-0.1, -0.05) is 0 Å². The van der Waals surface area contributed by atoms with Crippen LogP contribution in [0.1, 0.15) is 21.5 Å². The quantitative estimate of drug-likeness (QED) is 0.706. The van der Waals surface area contributed by atoms with E-state index in [0.29, 0.717) is 11.3 Å². The van der Waals surface area contributed by atoms with Gasteiger partial charge in [-0.05, 0) is 31.0 Å². The van der Waals surface area contributed by atoms with Crippen LogP contribution in [0.4, 0.5) is 0 Å². The van der Waals surface area contributed by atoms with Crippen LogP contribution in [0.2, 0.25) is 0 Å². The van der Waals surface area contributed by atoms with E-state index in [0.717, 1.165) is 17.4 Å². The molecule has 0 aliphatic heterocycles. The third-order valence-electron chi connectivity index (χ3n) is 2.19. The Kier molecular flexibility index (Phi) is 2.56. The summed E-state index contributed by atoms with van der Waals surface area (Å²) in [6.45, 7) is 3.63. The van der Waals surface area contributed by atoms with Crippen molar-refractivity contribution in [3.05, 3.63) is 22.8 Å². The highest BCUT2D eigenvalue weighted by Crippen LogP contribution is 2.33. The predicted molar refractivity (Wildman–Crippen MR) is 49.5 cm³/mol. The van der Waals surface area contributed by atoms with Crippen LogP contribution in [-0.2, 0) is 0 Å². The van der Waals surface area contributed by atoms with Crippen molar-refractivity contribution in [2.45, 2.75) is 13.8 Å². The third kappa shape index (κ3) is 1.49. The Morgan fingerprint density at radius 1 is 1.38 bits per heavy atom. The van der Waals surface area contributed by atoms with Gasteiger partial charge in [0.25, 0.3) is 0 Å². The number of hydrogen-bond acceptors (Lipinski definition) is 3. The zero-order valence-corrected chi connectivity index (χ0v) is 7.92. The minimum absolute atomic E-state index is 0.00713. The molecule has 1 aromatic rings. The first-order valence-electron chi connectivity index (χ1n) is 3.94. The second kappa shape index (κ2) is 3.47. The molecule has 3 nitrogen and oxygen atoms in total. The van der Waals surface area contributed by atoms with E-state index in [2.05, 4.69) is 0 Å². The molecule has 0 fully saturated rings. The van der Waals surface area contributed by atoms with Gasteiger partial charge in [-0.2, -0.15) is 0 Å². The molecular formula is C10H12O3. The van der Waals surface area contributed by atoms with E-state index >= 15 is 0 Å². The van der Waals surface area contributed by atoms with Crippen molar-refractivity contribution in [3.8, 4) is 11.5 Å². The molecule has 0 saturated heterocycles. The Hall–Kier alpha value is -1.51. The molecule has 1 rings (SSSR count). The lowest BCUT2D eigenvalue weighted by molar-refractivity contribution is 0.112. The number of carbonyl (C=O) groups excluding carboxylic acids is 1. The largest absolute Gasteiger partial charge is 0.504 e. The van der Waals surface area contributed by atoms with Crippen LogP contribution in [0.3, 0.4) is 0 Å². The summed E-state index contributed by atoms with van der Waals surface area (Å²) in [4.78, 5) is 10.6. The van der Waals surface area contributed by atoms with Crippen LogP contribution in [0.25, 0.3) is 0 Å². The highest BCUT2D eigenvalue weighted by molar-refractivity contribution is 5.80. The fourth-order valence-corrected chi connectivity index (χ4v) is 1.28.